The first-order chi connectivity index (χ1) is 8.05. The summed E-state index contributed by atoms with van der Waals surface area (Å²) in [7, 11) is 1.65. The van der Waals surface area contributed by atoms with Gasteiger partial charge in [0.05, 0.1) is 7.11 Å². The number of benzene rings is 1. The zero-order chi connectivity index (χ0) is 12.9. The van der Waals surface area contributed by atoms with Crippen LogP contribution < -0.4 is 9.47 Å². The fourth-order valence-corrected chi connectivity index (χ4v) is 1.46. The molecule has 2 heteroatoms. The van der Waals surface area contributed by atoms with Crippen LogP contribution in [-0.4, -0.2) is 12.7 Å². The van der Waals surface area contributed by atoms with E-state index in [1.807, 2.05) is 57.2 Å². The highest BCUT2D eigenvalue weighted by molar-refractivity contribution is 5.33. The van der Waals surface area contributed by atoms with Crippen molar-refractivity contribution in [3.63, 3.8) is 0 Å². The molecule has 0 bridgehead atoms. The molecule has 17 heavy (non-hydrogen) atoms. The van der Waals surface area contributed by atoms with Crippen molar-refractivity contribution in [2.75, 3.05) is 7.11 Å². The minimum Gasteiger partial charge on any atom is -0.497 e. The van der Waals surface area contributed by atoms with Crippen LogP contribution in [0.2, 0.25) is 0 Å². The topological polar surface area (TPSA) is 18.5 Å². The number of allylic oxidation sites excluding steroid dienone is 1. The molecule has 1 atom stereocenters. The van der Waals surface area contributed by atoms with Crippen LogP contribution in [0.1, 0.15) is 20.8 Å². The molecule has 0 heterocycles. The molecule has 0 saturated carbocycles. The van der Waals surface area contributed by atoms with Gasteiger partial charge >= 0.3 is 0 Å². The second-order valence-corrected chi connectivity index (χ2v) is 4.06. The van der Waals surface area contributed by atoms with E-state index in [0.717, 1.165) is 17.1 Å². The maximum atomic E-state index is 5.96. The third kappa shape index (κ3) is 3.13. The van der Waals surface area contributed by atoms with Crippen molar-refractivity contribution in [1.82, 2.24) is 0 Å². The third-order valence-electron chi connectivity index (χ3n) is 2.99. The van der Waals surface area contributed by atoms with Gasteiger partial charge in [0, 0.05) is 0 Å². The Labute approximate surface area is 104 Å². The van der Waals surface area contributed by atoms with E-state index in [4.69, 9.17) is 9.47 Å². The van der Waals surface area contributed by atoms with Crippen molar-refractivity contribution in [1.29, 1.82) is 0 Å². The normalized spacial score (nSPS) is 14.9. The van der Waals surface area contributed by atoms with Crippen molar-refractivity contribution in [3.05, 3.63) is 48.6 Å². The third-order valence-corrected chi connectivity index (χ3v) is 2.99. The van der Waals surface area contributed by atoms with Crippen LogP contribution >= 0.6 is 0 Å². The summed E-state index contributed by atoms with van der Waals surface area (Å²) in [4.78, 5) is 0. The summed E-state index contributed by atoms with van der Waals surface area (Å²) in [5, 5.41) is 0. The Kier molecular flexibility index (Phi) is 4.38. The van der Waals surface area contributed by atoms with Crippen molar-refractivity contribution in [3.8, 4) is 11.5 Å². The van der Waals surface area contributed by atoms with Crippen LogP contribution in [0.5, 0.6) is 11.5 Å². The molecule has 0 saturated heterocycles. The molecule has 92 valence electrons. The molecule has 0 aromatic heterocycles. The SMILES string of the molecule is C=CC(C)(Oc1ccc(OC)cc1)C(C)=CC. The molecule has 0 spiro atoms. The molecule has 1 rings (SSSR count). The van der Waals surface area contributed by atoms with Crippen LogP contribution in [-0.2, 0) is 0 Å². The molecule has 1 unspecified atom stereocenters. The highest BCUT2D eigenvalue weighted by Gasteiger charge is 2.23. The fraction of sp³-hybridized carbons (Fsp3) is 0.333. The lowest BCUT2D eigenvalue weighted by Crippen LogP contribution is -2.30. The molecule has 0 N–H and O–H groups in total. The summed E-state index contributed by atoms with van der Waals surface area (Å²) in [6, 6.07) is 7.54. The van der Waals surface area contributed by atoms with Crippen LogP contribution in [0.15, 0.2) is 48.6 Å². The lowest BCUT2D eigenvalue weighted by molar-refractivity contribution is 0.179. The van der Waals surface area contributed by atoms with E-state index in [0.29, 0.717) is 0 Å². The standard InChI is InChI=1S/C15H20O2/c1-6-12(3)15(4,7-2)17-14-10-8-13(16-5)9-11-14/h6-11H,2H2,1,3-5H3. The minimum absolute atomic E-state index is 0.469. The van der Waals surface area contributed by atoms with E-state index in [2.05, 4.69) is 6.58 Å². The van der Waals surface area contributed by atoms with Crippen molar-refractivity contribution in [2.24, 2.45) is 0 Å². The van der Waals surface area contributed by atoms with Crippen LogP contribution in [0.25, 0.3) is 0 Å². The number of methoxy groups -OCH3 is 1. The largest absolute Gasteiger partial charge is 0.497 e. The number of ether oxygens (including phenoxy) is 2. The van der Waals surface area contributed by atoms with E-state index < -0.39 is 5.60 Å². The predicted molar refractivity (Wildman–Crippen MR) is 71.7 cm³/mol. The Balaban J connectivity index is 2.91. The molecule has 2 nitrogen and oxygen atoms in total. The molecule has 0 amide bonds. The monoisotopic (exact) mass is 232 g/mol. The van der Waals surface area contributed by atoms with Crippen molar-refractivity contribution >= 4 is 0 Å². The summed E-state index contributed by atoms with van der Waals surface area (Å²) in [5.74, 6) is 1.62. The average molecular weight is 232 g/mol. The molecule has 0 aliphatic heterocycles. The summed E-state index contributed by atoms with van der Waals surface area (Å²) in [5.41, 5.74) is 0.659. The zero-order valence-electron chi connectivity index (χ0n) is 11.0. The first kappa shape index (κ1) is 13.4. The second-order valence-electron chi connectivity index (χ2n) is 4.06. The minimum atomic E-state index is -0.469. The molecule has 0 aliphatic carbocycles. The number of rotatable bonds is 5. The molecular weight excluding hydrogens is 212 g/mol. The molecular formula is C15H20O2. The maximum absolute atomic E-state index is 5.96. The van der Waals surface area contributed by atoms with Gasteiger partial charge in [-0.1, -0.05) is 12.7 Å². The van der Waals surface area contributed by atoms with Gasteiger partial charge < -0.3 is 9.47 Å². The van der Waals surface area contributed by atoms with Crippen molar-refractivity contribution in [2.45, 2.75) is 26.4 Å². The van der Waals surface area contributed by atoms with E-state index in [9.17, 15) is 0 Å². The highest BCUT2D eigenvalue weighted by Crippen LogP contribution is 2.27. The molecule has 0 radical (unpaired) electrons. The number of hydrogen-bond donors (Lipinski definition) is 0. The van der Waals surface area contributed by atoms with Gasteiger partial charge in [-0.05, 0) is 56.7 Å². The quantitative estimate of drug-likeness (QED) is 0.715. The molecule has 0 fully saturated rings. The summed E-state index contributed by atoms with van der Waals surface area (Å²) < 4.78 is 11.1. The van der Waals surface area contributed by atoms with Gasteiger partial charge in [-0.3, -0.25) is 0 Å². The maximum Gasteiger partial charge on any atom is 0.145 e. The van der Waals surface area contributed by atoms with Gasteiger partial charge in [-0.25, -0.2) is 0 Å². The highest BCUT2D eigenvalue weighted by atomic mass is 16.5. The van der Waals surface area contributed by atoms with Crippen LogP contribution in [0.4, 0.5) is 0 Å². The van der Waals surface area contributed by atoms with E-state index >= 15 is 0 Å². The molecule has 1 aromatic rings. The van der Waals surface area contributed by atoms with Gasteiger partial charge in [-0.15, -0.1) is 0 Å². The summed E-state index contributed by atoms with van der Waals surface area (Å²) in [6.07, 6.45) is 3.85. The van der Waals surface area contributed by atoms with E-state index in [1.165, 1.54) is 0 Å². The Morgan fingerprint density at radius 3 is 2.18 bits per heavy atom. The predicted octanol–water partition coefficient (Wildman–Crippen LogP) is 3.98. The molecule has 0 aliphatic rings. The van der Waals surface area contributed by atoms with E-state index in [1.54, 1.807) is 7.11 Å². The fourth-order valence-electron chi connectivity index (χ4n) is 1.46. The lowest BCUT2D eigenvalue weighted by Gasteiger charge is -2.28. The average Bonchev–Trinajstić information content (AvgIpc) is 2.38. The number of hydrogen-bond acceptors (Lipinski definition) is 2. The Bertz CT molecular complexity index is 403. The first-order valence-electron chi connectivity index (χ1n) is 5.65. The Hall–Kier alpha value is -1.70. The smallest absolute Gasteiger partial charge is 0.145 e. The zero-order valence-corrected chi connectivity index (χ0v) is 11.0. The summed E-state index contributed by atoms with van der Waals surface area (Å²) >= 11 is 0. The van der Waals surface area contributed by atoms with Gasteiger partial charge in [-0.2, -0.15) is 0 Å². The van der Waals surface area contributed by atoms with Gasteiger partial charge in [0.1, 0.15) is 17.1 Å². The second kappa shape index (κ2) is 5.58. The van der Waals surface area contributed by atoms with Crippen LogP contribution in [0.3, 0.4) is 0 Å². The van der Waals surface area contributed by atoms with Gasteiger partial charge in [0.2, 0.25) is 0 Å². The van der Waals surface area contributed by atoms with Gasteiger partial charge in [0.15, 0.2) is 0 Å². The molecule has 1 aromatic carbocycles. The lowest BCUT2D eigenvalue weighted by atomic mass is 9.97. The Morgan fingerprint density at radius 2 is 1.76 bits per heavy atom. The van der Waals surface area contributed by atoms with Crippen LogP contribution in [0, 0.1) is 0 Å². The first-order valence-corrected chi connectivity index (χ1v) is 5.65. The van der Waals surface area contributed by atoms with Crippen molar-refractivity contribution < 1.29 is 9.47 Å². The van der Waals surface area contributed by atoms with Gasteiger partial charge in [0.25, 0.3) is 0 Å². The Morgan fingerprint density at radius 1 is 1.24 bits per heavy atom. The summed E-state index contributed by atoms with van der Waals surface area (Å²) in [6.45, 7) is 9.87. The van der Waals surface area contributed by atoms with E-state index in [-0.39, 0.29) is 0 Å².